The van der Waals surface area contributed by atoms with Crippen molar-refractivity contribution in [2.24, 2.45) is 0 Å². The number of carbonyl (C=O) groups excluding carboxylic acids is 1. The molecule has 0 spiro atoms. The molecule has 1 saturated heterocycles. The highest BCUT2D eigenvalue weighted by molar-refractivity contribution is 5.77. The second-order valence-corrected chi connectivity index (χ2v) is 7.15. The molecule has 1 heterocycles. The molecule has 0 bridgehead atoms. The van der Waals surface area contributed by atoms with Crippen LogP contribution in [0.15, 0.2) is 60.7 Å². The van der Waals surface area contributed by atoms with Crippen LogP contribution in [0.5, 0.6) is 5.75 Å². The molecule has 1 aliphatic heterocycles. The third-order valence-electron chi connectivity index (χ3n) is 5.05. The zero-order chi connectivity index (χ0) is 19.1. The highest BCUT2D eigenvalue weighted by Gasteiger charge is 2.29. The summed E-state index contributed by atoms with van der Waals surface area (Å²) in [7, 11) is 2.15. The molecule has 1 N–H and O–H groups in total. The van der Waals surface area contributed by atoms with Crippen molar-refractivity contribution in [3.05, 3.63) is 66.2 Å². The summed E-state index contributed by atoms with van der Waals surface area (Å²) in [5.41, 5.74) is 1.24. The second-order valence-electron chi connectivity index (χ2n) is 7.15. The SMILES string of the molecule is C[C@@H](NC(=O)COc1ccccc1)[C@H](c1ccccc1)N1CCN(C)CC1. The fourth-order valence-corrected chi connectivity index (χ4v) is 3.61. The molecule has 5 nitrogen and oxygen atoms in total. The van der Waals surface area contributed by atoms with E-state index in [0.29, 0.717) is 5.75 Å². The average molecular weight is 367 g/mol. The summed E-state index contributed by atoms with van der Waals surface area (Å²) in [5, 5.41) is 3.14. The number of amides is 1. The minimum Gasteiger partial charge on any atom is -0.484 e. The van der Waals surface area contributed by atoms with E-state index < -0.39 is 0 Å². The number of carbonyl (C=O) groups is 1. The van der Waals surface area contributed by atoms with E-state index in [-0.39, 0.29) is 24.6 Å². The van der Waals surface area contributed by atoms with E-state index in [1.165, 1.54) is 5.56 Å². The number of nitrogens with one attached hydrogen (secondary N) is 1. The van der Waals surface area contributed by atoms with Crippen LogP contribution in [0.25, 0.3) is 0 Å². The van der Waals surface area contributed by atoms with Crippen LogP contribution in [0, 0.1) is 0 Å². The lowest BCUT2D eigenvalue weighted by molar-refractivity contribution is -0.124. The first-order valence-corrected chi connectivity index (χ1v) is 9.58. The van der Waals surface area contributed by atoms with Gasteiger partial charge in [0, 0.05) is 32.2 Å². The fraction of sp³-hybridized carbons (Fsp3) is 0.409. The third kappa shape index (κ3) is 5.55. The van der Waals surface area contributed by atoms with Gasteiger partial charge in [0.2, 0.25) is 0 Å². The van der Waals surface area contributed by atoms with Crippen molar-refractivity contribution in [2.75, 3.05) is 39.8 Å². The minimum atomic E-state index is -0.0959. The Hall–Kier alpha value is -2.37. The van der Waals surface area contributed by atoms with Crippen LogP contribution >= 0.6 is 0 Å². The quantitative estimate of drug-likeness (QED) is 0.817. The Morgan fingerprint density at radius 3 is 2.22 bits per heavy atom. The molecule has 144 valence electrons. The van der Waals surface area contributed by atoms with Gasteiger partial charge in [-0.25, -0.2) is 0 Å². The summed E-state index contributed by atoms with van der Waals surface area (Å²) < 4.78 is 5.58. The molecule has 5 heteroatoms. The lowest BCUT2D eigenvalue weighted by Gasteiger charge is -2.41. The molecule has 2 aromatic carbocycles. The van der Waals surface area contributed by atoms with E-state index in [0.717, 1.165) is 26.2 Å². The largest absolute Gasteiger partial charge is 0.484 e. The van der Waals surface area contributed by atoms with E-state index in [2.05, 4.69) is 53.4 Å². The lowest BCUT2D eigenvalue weighted by Crippen LogP contribution is -2.52. The summed E-state index contributed by atoms with van der Waals surface area (Å²) in [6, 6.07) is 20.0. The summed E-state index contributed by atoms with van der Waals surface area (Å²) in [6.45, 7) is 6.19. The van der Waals surface area contributed by atoms with Crippen LogP contribution in [-0.4, -0.2) is 61.6 Å². The Kier molecular flexibility index (Phi) is 6.85. The Labute approximate surface area is 161 Å². The van der Waals surface area contributed by atoms with Gasteiger partial charge in [0.1, 0.15) is 5.75 Å². The Morgan fingerprint density at radius 1 is 1.00 bits per heavy atom. The minimum absolute atomic E-state index is 0.0114. The summed E-state index contributed by atoms with van der Waals surface area (Å²) >= 11 is 0. The molecule has 0 unspecified atom stereocenters. The number of ether oxygens (including phenoxy) is 1. The van der Waals surface area contributed by atoms with E-state index in [1.807, 2.05) is 36.4 Å². The normalized spacial score (nSPS) is 17.9. The first-order chi connectivity index (χ1) is 13.1. The molecule has 0 radical (unpaired) electrons. The zero-order valence-electron chi connectivity index (χ0n) is 16.2. The Bertz CT molecular complexity index is 700. The van der Waals surface area contributed by atoms with E-state index >= 15 is 0 Å². The van der Waals surface area contributed by atoms with Crippen LogP contribution in [0.4, 0.5) is 0 Å². The molecule has 2 aromatic rings. The molecule has 3 rings (SSSR count). The predicted octanol–water partition coefficient (Wildman–Crippen LogP) is 2.56. The van der Waals surface area contributed by atoms with Gasteiger partial charge < -0.3 is 15.0 Å². The standard InChI is InChI=1S/C22H29N3O2/c1-18(23-21(26)17-27-20-11-7-4-8-12-20)22(19-9-5-3-6-10-19)25-15-13-24(2)14-16-25/h3-12,18,22H,13-17H2,1-2H3,(H,23,26)/t18-,22-/m1/s1. The van der Waals surface area contributed by atoms with Crippen molar-refractivity contribution < 1.29 is 9.53 Å². The van der Waals surface area contributed by atoms with Gasteiger partial charge in [0.25, 0.3) is 5.91 Å². The highest BCUT2D eigenvalue weighted by Crippen LogP contribution is 2.25. The maximum absolute atomic E-state index is 12.4. The monoisotopic (exact) mass is 367 g/mol. The maximum Gasteiger partial charge on any atom is 0.258 e. The van der Waals surface area contributed by atoms with Gasteiger partial charge in [0.15, 0.2) is 6.61 Å². The summed E-state index contributed by atoms with van der Waals surface area (Å²) in [4.78, 5) is 17.2. The van der Waals surface area contributed by atoms with Crippen molar-refractivity contribution in [1.82, 2.24) is 15.1 Å². The molecule has 1 aliphatic rings. The zero-order valence-corrected chi connectivity index (χ0v) is 16.2. The van der Waals surface area contributed by atoms with Crippen molar-refractivity contribution in [2.45, 2.75) is 19.0 Å². The first-order valence-electron chi connectivity index (χ1n) is 9.58. The van der Waals surface area contributed by atoms with Crippen molar-refractivity contribution in [3.63, 3.8) is 0 Å². The highest BCUT2D eigenvalue weighted by atomic mass is 16.5. The van der Waals surface area contributed by atoms with Crippen molar-refractivity contribution in [3.8, 4) is 5.75 Å². The van der Waals surface area contributed by atoms with E-state index in [1.54, 1.807) is 0 Å². The number of benzene rings is 2. The number of rotatable bonds is 7. The van der Waals surface area contributed by atoms with Gasteiger partial charge in [-0.1, -0.05) is 48.5 Å². The van der Waals surface area contributed by atoms with Crippen LogP contribution in [0.2, 0.25) is 0 Å². The molecule has 0 saturated carbocycles. The number of likely N-dealkylation sites (N-methyl/N-ethyl adjacent to an activating group) is 1. The van der Waals surface area contributed by atoms with E-state index in [9.17, 15) is 4.79 Å². The average Bonchev–Trinajstić information content (AvgIpc) is 2.70. The van der Waals surface area contributed by atoms with Crippen LogP contribution < -0.4 is 10.1 Å². The van der Waals surface area contributed by atoms with Crippen LogP contribution in [-0.2, 0) is 4.79 Å². The van der Waals surface area contributed by atoms with Gasteiger partial charge in [-0.15, -0.1) is 0 Å². The van der Waals surface area contributed by atoms with Gasteiger partial charge in [0.05, 0.1) is 6.04 Å². The van der Waals surface area contributed by atoms with Gasteiger partial charge in [-0.05, 0) is 31.7 Å². The molecule has 0 aromatic heterocycles. The van der Waals surface area contributed by atoms with Gasteiger partial charge >= 0.3 is 0 Å². The Morgan fingerprint density at radius 2 is 1.59 bits per heavy atom. The van der Waals surface area contributed by atoms with Gasteiger partial charge in [-0.2, -0.15) is 0 Å². The summed E-state index contributed by atoms with van der Waals surface area (Å²) in [6.07, 6.45) is 0. The second kappa shape index (κ2) is 9.53. The lowest BCUT2D eigenvalue weighted by atomic mass is 9.97. The summed E-state index contributed by atoms with van der Waals surface area (Å²) in [5.74, 6) is 0.611. The van der Waals surface area contributed by atoms with E-state index in [4.69, 9.17) is 4.74 Å². The topological polar surface area (TPSA) is 44.8 Å². The molecule has 1 fully saturated rings. The Balaban J connectivity index is 1.63. The number of hydrogen-bond acceptors (Lipinski definition) is 4. The number of hydrogen-bond donors (Lipinski definition) is 1. The van der Waals surface area contributed by atoms with Gasteiger partial charge in [-0.3, -0.25) is 9.69 Å². The first kappa shape index (κ1) is 19.4. The molecule has 2 atom stereocenters. The fourth-order valence-electron chi connectivity index (χ4n) is 3.61. The predicted molar refractivity (Wildman–Crippen MR) is 108 cm³/mol. The third-order valence-corrected chi connectivity index (χ3v) is 5.05. The smallest absolute Gasteiger partial charge is 0.258 e. The molecule has 1 amide bonds. The molecular formula is C22H29N3O2. The molecule has 27 heavy (non-hydrogen) atoms. The van der Waals surface area contributed by atoms with Crippen LogP contribution in [0.3, 0.4) is 0 Å². The van der Waals surface area contributed by atoms with Crippen molar-refractivity contribution >= 4 is 5.91 Å². The molecular weight excluding hydrogens is 338 g/mol. The van der Waals surface area contributed by atoms with Crippen molar-refractivity contribution in [1.29, 1.82) is 0 Å². The number of nitrogens with zero attached hydrogens (tertiary/aromatic N) is 2. The number of para-hydroxylation sites is 1. The molecule has 0 aliphatic carbocycles. The number of piperazine rings is 1. The van der Waals surface area contributed by atoms with Crippen LogP contribution in [0.1, 0.15) is 18.5 Å². The maximum atomic E-state index is 12.4.